The van der Waals surface area contributed by atoms with Crippen LogP contribution in [0.15, 0.2) is 23.1 Å². The van der Waals surface area contributed by atoms with Crippen molar-refractivity contribution in [2.45, 2.75) is 15.4 Å². The number of hydrogen-bond donors (Lipinski definition) is 1. The number of hydrogen-bond acceptors (Lipinski definition) is 4. The summed E-state index contributed by atoms with van der Waals surface area (Å²) in [6.07, 6.45) is 0. The number of benzene rings is 1. The van der Waals surface area contributed by atoms with E-state index in [0.717, 1.165) is 0 Å². The first kappa shape index (κ1) is 17.7. The molecule has 120 valence electrons. The number of sulfone groups is 1. The largest absolute Gasteiger partial charge is 0.447 e. The molecule has 0 saturated heterocycles. The van der Waals surface area contributed by atoms with Crippen molar-refractivity contribution in [3.63, 3.8) is 0 Å². The molecule has 0 amide bonds. The van der Waals surface area contributed by atoms with E-state index in [1.54, 1.807) is 0 Å². The Morgan fingerprint density at radius 3 is 1.76 bits per heavy atom. The van der Waals surface area contributed by atoms with Crippen LogP contribution in [-0.4, -0.2) is 31.9 Å². The van der Waals surface area contributed by atoms with Crippen molar-refractivity contribution in [1.29, 1.82) is 0 Å². The predicted octanol–water partition coefficient (Wildman–Crippen LogP) is 1.81. The Balaban J connectivity index is 3.63. The van der Waals surface area contributed by atoms with Crippen LogP contribution >= 0.6 is 0 Å². The Labute approximate surface area is 113 Å². The van der Waals surface area contributed by atoms with E-state index in [0.29, 0.717) is 0 Å². The lowest BCUT2D eigenvalue weighted by Gasteiger charge is -2.23. The van der Waals surface area contributed by atoms with Gasteiger partial charge >= 0.3 is 20.6 Å². The second kappa shape index (κ2) is 4.84. The molecule has 0 aliphatic carbocycles. The van der Waals surface area contributed by atoms with E-state index in [-0.39, 0.29) is 18.2 Å². The summed E-state index contributed by atoms with van der Waals surface area (Å²) in [5.74, 6) is -3.53. The third-order valence-electron chi connectivity index (χ3n) is 2.18. The molecule has 1 aromatic rings. The van der Waals surface area contributed by atoms with Gasteiger partial charge in [0.1, 0.15) is 16.5 Å². The molecule has 1 N–H and O–H groups in total. The zero-order chi connectivity index (χ0) is 16.9. The molecule has 1 rings (SSSR count). The topological polar surface area (TPSA) is 88.5 Å². The van der Waals surface area contributed by atoms with Crippen LogP contribution in [0.25, 0.3) is 0 Å². The van der Waals surface area contributed by atoms with Crippen LogP contribution in [0.1, 0.15) is 0 Å². The minimum Gasteiger partial charge on any atom is -0.281 e. The van der Waals surface area contributed by atoms with Crippen LogP contribution in [0.4, 0.5) is 26.3 Å². The van der Waals surface area contributed by atoms with Gasteiger partial charge in [0.05, 0.1) is 0 Å². The highest BCUT2D eigenvalue weighted by Gasteiger charge is 2.73. The fourth-order valence-corrected chi connectivity index (χ4v) is 3.24. The minimum absolute atomic E-state index is 0.0893. The highest BCUT2D eigenvalue weighted by atomic mass is 32.2. The van der Waals surface area contributed by atoms with Crippen LogP contribution in [0.3, 0.4) is 0 Å². The highest BCUT2D eigenvalue weighted by Crippen LogP contribution is 2.45. The molecule has 0 aliphatic rings. The summed E-state index contributed by atoms with van der Waals surface area (Å²) in [5.41, 5.74) is 0. The molecular formula is C8H4F6O5S2. The molecule has 13 heteroatoms. The summed E-state index contributed by atoms with van der Waals surface area (Å²) < 4.78 is 129. The Morgan fingerprint density at radius 1 is 0.905 bits per heavy atom. The van der Waals surface area contributed by atoms with Gasteiger partial charge in [-0.3, -0.25) is 4.55 Å². The molecule has 0 saturated carbocycles. The third kappa shape index (κ3) is 2.60. The standard InChI is InChI=1S/C8H4F6O5S2/c9-4-1-2-6(5(10)3-4)20(15,16)7(11,12)8(13,14)21(17,18)19/h1-3H,(H,17,18,19). The van der Waals surface area contributed by atoms with E-state index in [1.165, 1.54) is 0 Å². The molecule has 1 aromatic carbocycles. The zero-order valence-corrected chi connectivity index (χ0v) is 11.0. The molecule has 0 aliphatic heterocycles. The minimum atomic E-state index is -6.83. The van der Waals surface area contributed by atoms with Crippen LogP contribution in [0.2, 0.25) is 0 Å². The van der Waals surface area contributed by atoms with Crippen LogP contribution in [0.5, 0.6) is 0 Å². The summed E-state index contributed by atoms with van der Waals surface area (Å²) in [5, 5.41) is -12.8. The summed E-state index contributed by atoms with van der Waals surface area (Å²) in [6.45, 7) is 0. The monoisotopic (exact) mass is 358 g/mol. The van der Waals surface area contributed by atoms with Crippen molar-refractivity contribution in [2.24, 2.45) is 0 Å². The first-order chi connectivity index (χ1) is 9.16. The highest BCUT2D eigenvalue weighted by molar-refractivity contribution is 7.94. The van der Waals surface area contributed by atoms with E-state index in [1.807, 2.05) is 0 Å². The number of alkyl halides is 4. The van der Waals surface area contributed by atoms with Crippen molar-refractivity contribution >= 4 is 20.0 Å². The van der Waals surface area contributed by atoms with Crippen LogP contribution < -0.4 is 0 Å². The molecule has 0 heterocycles. The summed E-state index contributed by atoms with van der Waals surface area (Å²) in [6, 6.07) is -0.0971. The van der Waals surface area contributed by atoms with E-state index in [4.69, 9.17) is 4.55 Å². The van der Waals surface area contributed by atoms with E-state index in [9.17, 15) is 43.2 Å². The van der Waals surface area contributed by atoms with Gasteiger partial charge in [0.2, 0.25) is 0 Å². The van der Waals surface area contributed by atoms with Crippen molar-refractivity contribution < 1.29 is 47.7 Å². The molecule has 0 unspecified atom stereocenters. The Morgan fingerprint density at radius 2 is 1.38 bits per heavy atom. The van der Waals surface area contributed by atoms with Gasteiger partial charge in [-0.2, -0.15) is 26.0 Å². The van der Waals surface area contributed by atoms with Gasteiger partial charge in [-0.05, 0) is 12.1 Å². The predicted molar refractivity (Wildman–Crippen MR) is 55.0 cm³/mol. The average molecular weight is 358 g/mol. The third-order valence-corrected chi connectivity index (χ3v) is 5.06. The Kier molecular flexibility index (Phi) is 4.09. The second-order valence-corrected chi connectivity index (χ2v) is 7.01. The van der Waals surface area contributed by atoms with E-state index >= 15 is 0 Å². The SMILES string of the molecule is O=S(=O)(O)C(F)(F)C(F)(F)S(=O)(=O)c1ccc(F)cc1F. The average Bonchev–Trinajstić information content (AvgIpc) is 2.26. The normalized spacial score (nSPS) is 14.2. The lowest BCUT2D eigenvalue weighted by atomic mass is 10.3. The molecule has 0 spiro atoms. The van der Waals surface area contributed by atoms with Gasteiger partial charge in [0.15, 0.2) is 0 Å². The van der Waals surface area contributed by atoms with Crippen molar-refractivity contribution in [2.75, 3.05) is 0 Å². The van der Waals surface area contributed by atoms with Crippen molar-refractivity contribution in [3.8, 4) is 0 Å². The van der Waals surface area contributed by atoms with Crippen molar-refractivity contribution in [1.82, 2.24) is 0 Å². The quantitative estimate of drug-likeness (QED) is 0.504. The fourth-order valence-electron chi connectivity index (χ4n) is 1.14. The first-order valence-corrected chi connectivity index (χ1v) is 7.51. The van der Waals surface area contributed by atoms with E-state index < -0.39 is 47.0 Å². The second-order valence-electron chi connectivity index (χ2n) is 3.59. The molecular weight excluding hydrogens is 354 g/mol. The molecule has 21 heavy (non-hydrogen) atoms. The molecule has 0 aromatic heterocycles. The smallest absolute Gasteiger partial charge is 0.281 e. The lowest BCUT2D eigenvalue weighted by molar-refractivity contribution is -0.101. The first-order valence-electron chi connectivity index (χ1n) is 4.58. The number of rotatable bonds is 4. The Hall–Kier alpha value is -1.34. The maximum atomic E-state index is 13.3. The van der Waals surface area contributed by atoms with Gasteiger partial charge in [-0.1, -0.05) is 0 Å². The fraction of sp³-hybridized carbons (Fsp3) is 0.250. The molecule has 5 nitrogen and oxygen atoms in total. The molecule has 0 bridgehead atoms. The summed E-state index contributed by atoms with van der Waals surface area (Å²) >= 11 is 0. The van der Waals surface area contributed by atoms with Crippen LogP contribution in [-0.2, 0) is 20.0 Å². The summed E-state index contributed by atoms with van der Waals surface area (Å²) in [7, 11) is -13.4. The molecule has 0 atom stereocenters. The van der Waals surface area contributed by atoms with E-state index in [2.05, 4.69) is 0 Å². The Bertz CT molecular complexity index is 770. The van der Waals surface area contributed by atoms with Gasteiger partial charge in [0, 0.05) is 6.07 Å². The maximum Gasteiger partial charge on any atom is 0.447 e. The molecule has 0 radical (unpaired) electrons. The number of halogens is 6. The summed E-state index contributed by atoms with van der Waals surface area (Å²) in [4.78, 5) is -2.06. The molecule has 0 fully saturated rings. The zero-order valence-electron chi connectivity index (χ0n) is 9.40. The van der Waals surface area contributed by atoms with Gasteiger partial charge < -0.3 is 0 Å². The van der Waals surface area contributed by atoms with Crippen molar-refractivity contribution in [3.05, 3.63) is 29.8 Å². The maximum absolute atomic E-state index is 13.3. The van der Waals surface area contributed by atoms with Gasteiger partial charge in [-0.15, -0.1) is 0 Å². The van der Waals surface area contributed by atoms with Gasteiger partial charge in [0.25, 0.3) is 9.84 Å². The van der Waals surface area contributed by atoms with Crippen LogP contribution in [0, 0.1) is 11.6 Å². The van der Waals surface area contributed by atoms with Gasteiger partial charge in [-0.25, -0.2) is 17.2 Å². The lowest BCUT2D eigenvalue weighted by Crippen LogP contribution is -2.51.